The largest absolute Gasteiger partial charge is 0.306 e. The molecule has 0 aliphatic heterocycles. The molecule has 90 valence electrons. The highest BCUT2D eigenvalue weighted by Gasteiger charge is 2.07. The molecule has 1 aromatic heterocycles. The first-order valence-electron chi connectivity index (χ1n) is 5.37. The van der Waals surface area contributed by atoms with Gasteiger partial charge >= 0.3 is 0 Å². The number of benzene rings is 1. The van der Waals surface area contributed by atoms with Crippen LogP contribution >= 0.6 is 38.9 Å². The molecule has 2 aromatic rings. The van der Waals surface area contributed by atoms with Crippen molar-refractivity contribution >= 4 is 38.9 Å². The number of rotatable bonds is 4. The summed E-state index contributed by atoms with van der Waals surface area (Å²) in [6, 6.07) is 10.7. The van der Waals surface area contributed by atoms with Crippen LogP contribution in [0.15, 0.2) is 40.2 Å². The first-order chi connectivity index (χ1) is 8.15. The fourth-order valence-corrected chi connectivity index (χ4v) is 3.02. The lowest BCUT2D eigenvalue weighted by Gasteiger charge is -2.12. The monoisotopic (exact) mass is 329 g/mol. The Labute approximate surface area is 119 Å². The molecule has 1 aromatic carbocycles. The van der Waals surface area contributed by atoms with Gasteiger partial charge < -0.3 is 5.32 Å². The van der Waals surface area contributed by atoms with E-state index in [-0.39, 0.29) is 0 Å². The van der Waals surface area contributed by atoms with E-state index >= 15 is 0 Å². The molecule has 0 bridgehead atoms. The minimum atomic E-state index is 0.317. The lowest BCUT2D eigenvalue weighted by Crippen LogP contribution is -2.17. The number of hydrogen-bond acceptors (Lipinski definition) is 2. The third-order valence-electron chi connectivity index (χ3n) is 2.59. The fourth-order valence-electron chi connectivity index (χ4n) is 1.59. The Kier molecular flexibility index (Phi) is 4.62. The molecule has 1 unspecified atom stereocenters. The summed E-state index contributed by atoms with van der Waals surface area (Å²) in [6.07, 6.45) is 0. The lowest BCUT2D eigenvalue weighted by molar-refractivity contribution is 0.576. The summed E-state index contributed by atoms with van der Waals surface area (Å²) < 4.78 is 1.96. The molecule has 0 aliphatic rings. The van der Waals surface area contributed by atoms with E-state index in [2.05, 4.69) is 45.7 Å². The predicted molar refractivity (Wildman–Crippen MR) is 78.7 cm³/mol. The molecule has 0 radical (unpaired) electrons. The molecule has 2 rings (SSSR count). The second kappa shape index (κ2) is 6.01. The summed E-state index contributed by atoms with van der Waals surface area (Å²) in [5.41, 5.74) is 2.52. The quantitative estimate of drug-likeness (QED) is 0.830. The summed E-state index contributed by atoms with van der Waals surface area (Å²) in [6.45, 7) is 3.00. The van der Waals surface area contributed by atoms with Crippen molar-refractivity contribution < 1.29 is 0 Å². The summed E-state index contributed by atoms with van der Waals surface area (Å²) in [7, 11) is 0. The van der Waals surface area contributed by atoms with Crippen molar-refractivity contribution in [2.75, 3.05) is 0 Å². The molecule has 0 saturated heterocycles. The van der Waals surface area contributed by atoms with Crippen molar-refractivity contribution in [1.29, 1.82) is 0 Å². The average Bonchev–Trinajstić information content (AvgIpc) is 2.73. The Morgan fingerprint density at radius 3 is 2.88 bits per heavy atom. The van der Waals surface area contributed by atoms with Crippen molar-refractivity contribution in [3.8, 4) is 0 Å². The third kappa shape index (κ3) is 3.81. The summed E-state index contributed by atoms with van der Waals surface area (Å²) in [5.74, 6) is 0. The van der Waals surface area contributed by atoms with Gasteiger partial charge in [0.25, 0.3) is 0 Å². The van der Waals surface area contributed by atoms with E-state index in [0.717, 1.165) is 15.4 Å². The standard InChI is InChI=1S/C13H13BrClNS/c1-9(11-6-13(15)17-8-11)16-7-10-3-2-4-12(14)5-10/h2-6,8-9,16H,7H2,1H3. The normalized spacial score (nSPS) is 12.6. The molecule has 1 heterocycles. The minimum Gasteiger partial charge on any atom is -0.306 e. The zero-order valence-electron chi connectivity index (χ0n) is 9.41. The molecule has 0 saturated carbocycles. The Hall–Kier alpha value is -0.350. The van der Waals surface area contributed by atoms with E-state index < -0.39 is 0 Å². The Bertz CT molecular complexity index is 498. The number of halogens is 2. The molecule has 0 amide bonds. The zero-order chi connectivity index (χ0) is 12.3. The fraction of sp³-hybridized carbons (Fsp3) is 0.231. The molecule has 1 nitrogen and oxygen atoms in total. The number of thiophene rings is 1. The summed E-state index contributed by atoms with van der Waals surface area (Å²) in [5, 5.41) is 5.58. The maximum Gasteiger partial charge on any atom is 0.0931 e. The van der Waals surface area contributed by atoms with Gasteiger partial charge in [-0.1, -0.05) is 39.7 Å². The van der Waals surface area contributed by atoms with E-state index in [4.69, 9.17) is 11.6 Å². The van der Waals surface area contributed by atoms with E-state index in [1.807, 2.05) is 18.2 Å². The first kappa shape index (κ1) is 13.1. The van der Waals surface area contributed by atoms with Crippen LogP contribution in [-0.2, 0) is 6.54 Å². The molecule has 4 heteroatoms. The van der Waals surface area contributed by atoms with Crippen LogP contribution in [0.4, 0.5) is 0 Å². The highest BCUT2D eigenvalue weighted by Crippen LogP contribution is 2.24. The maximum absolute atomic E-state index is 5.93. The van der Waals surface area contributed by atoms with Crippen LogP contribution in [0.1, 0.15) is 24.1 Å². The van der Waals surface area contributed by atoms with Crippen LogP contribution in [0.5, 0.6) is 0 Å². The SMILES string of the molecule is CC(NCc1cccc(Br)c1)c1csc(Cl)c1. The summed E-state index contributed by atoms with van der Waals surface area (Å²) in [4.78, 5) is 0. The van der Waals surface area contributed by atoms with Crippen LogP contribution in [-0.4, -0.2) is 0 Å². The third-order valence-corrected chi connectivity index (χ3v) is 4.19. The van der Waals surface area contributed by atoms with E-state index in [1.165, 1.54) is 11.1 Å². The molecule has 0 spiro atoms. The van der Waals surface area contributed by atoms with E-state index in [0.29, 0.717) is 6.04 Å². The van der Waals surface area contributed by atoms with Crippen molar-refractivity contribution in [2.24, 2.45) is 0 Å². The highest BCUT2D eigenvalue weighted by atomic mass is 79.9. The van der Waals surface area contributed by atoms with Gasteiger partial charge in [0.1, 0.15) is 0 Å². The average molecular weight is 331 g/mol. The first-order valence-corrected chi connectivity index (χ1v) is 7.42. The molecule has 1 N–H and O–H groups in total. The second-order valence-electron chi connectivity index (χ2n) is 3.92. The van der Waals surface area contributed by atoms with Gasteiger partial charge in [-0.05, 0) is 41.6 Å². The van der Waals surface area contributed by atoms with Crippen LogP contribution in [0, 0.1) is 0 Å². The molecule has 0 fully saturated rings. The van der Waals surface area contributed by atoms with Crippen molar-refractivity contribution in [3.63, 3.8) is 0 Å². The van der Waals surface area contributed by atoms with Gasteiger partial charge in [-0.3, -0.25) is 0 Å². The summed E-state index contributed by atoms with van der Waals surface area (Å²) >= 11 is 11.0. The topological polar surface area (TPSA) is 12.0 Å². The Balaban J connectivity index is 1.94. The lowest BCUT2D eigenvalue weighted by atomic mass is 10.1. The highest BCUT2D eigenvalue weighted by molar-refractivity contribution is 9.10. The van der Waals surface area contributed by atoms with E-state index in [9.17, 15) is 0 Å². The number of hydrogen-bond donors (Lipinski definition) is 1. The predicted octanol–water partition coefficient (Wildman–Crippen LogP) is 5.01. The van der Waals surface area contributed by atoms with Gasteiger partial charge in [0.05, 0.1) is 4.34 Å². The molecule has 17 heavy (non-hydrogen) atoms. The minimum absolute atomic E-state index is 0.317. The Morgan fingerprint density at radius 1 is 1.41 bits per heavy atom. The smallest absolute Gasteiger partial charge is 0.0931 e. The Morgan fingerprint density at radius 2 is 2.24 bits per heavy atom. The molecular formula is C13H13BrClNS. The van der Waals surface area contributed by atoms with Crippen LogP contribution in [0.2, 0.25) is 4.34 Å². The zero-order valence-corrected chi connectivity index (χ0v) is 12.6. The van der Waals surface area contributed by atoms with Crippen LogP contribution in [0.25, 0.3) is 0 Å². The van der Waals surface area contributed by atoms with Crippen molar-refractivity contribution in [1.82, 2.24) is 5.32 Å². The van der Waals surface area contributed by atoms with Gasteiger partial charge in [0.2, 0.25) is 0 Å². The maximum atomic E-state index is 5.93. The van der Waals surface area contributed by atoms with Crippen LogP contribution in [0.3, 0.4) is 0 Å². The number of nitrogens with one attached hydrogen (secondary N) is 1. The van der Waals surface area contributed by atoms with E-state index in [1.54, 1.807) is 11.3 Å². The molecule has 1 atom stereocenters. The van der Waals surface area contributed by atoms with Crippen LogP contribution < -0.4 is 5.32 Å². The van der Waals surface area contributed by atoms with Crippen molar-refractivity contribution in [2.45, 2.75) is 19.5 Å². The second-order valence-corrected chi connectivity index (χ2v) is 6.37. The van der Waals surface area contributed by atoms with Gasteiger partial charge in [-0.2, -0.15) is 0 Å². The van der Waals surface area contributed by atoms with Gasteiger partial charge in [-0.15, -0.1) is 11.3 Å². The molecule has 0 aliphatic carbocycles. The van der Waals surface area contributed by atoms with Crippen molar-refractivity contribution in [3.05, 3.63) is 55.6 Å². The molecular weight excluding hydrogens is 318 g/mol. The van der Waals surface area contributed by atoms with Gasteiger partial charge in [0.15, 0.2) is 0 Å². The van der Waals surface area contributed by atoms with Gasteiger partial charge in [0, 0.05) is 17.1 Å². The van der Waals surface area contributed by atoms with Gasteiger partial charge in [-0.25, -0.2) is 0 Å².